The molecule has 0 aliphatic rings. The molecule has 0 radical (unpaired) electrons. The van der Waals surface area contributed by atoms with Gasteiger partial charge < -0.3 is 14.3 Å². The first-order chi connectivity index (χ1) is 8.29. The van der Waals surface area contributed by atoms with Crippen LogP contribution in [0.4, 0.5) is 0 Å². The van der Waals surface area contributed by atoms with Crippen molar-refractivity contribution >= 4 is 0 Å². The quantitative estimate of drug-likeness (QED) is 0.833. The van der Waals surface area contributed by atoms with Crippen molar-refractivity contribution in [3.63, 3.8) is 0 Å². The van der Waals surface area contributed by atoms with Gasteiger partial charge in [-0.25, -0.2) is 4.98 Å². The van der Waals surface area contributed by atoms with Crippen LogP contribution in [0.15, 0.2) is 29.1 Å². The third kappa shape index (κ3) is 3.20. The van der Waals surface area contributed by atoms with Crippen LogP contribution in [0.3, 0.4) is 0 Å². The maximum atomic E-state index is 5.50. The Morgan fingerprint density at radius 3 is 2.94 bits per heavy atom. The molecule has 2 heterocycles. The molecule has 4 nitrogen and oxygen atoms in total. The molecule has 92 valence electrons. The van der Waals surface area contributed by atoms with Gasteiger partial charge in [-0.15, -0.1) is 0 Å². The first kappa shape index (κ1) is 11.9. The minimum Gasteiger partial charge on any atom is -0.465 e. The van der Waals surface area contributed by atoms with E-state index in [4.69, 9.17) is 4.42 Å². The van der Waals surface area contributed by atoms with Crippen LogP contribution in [-0.2, 0) is 19.6 Å². The van der Waals surface area contributed by atoms with E-state index in [1.807, 2.05) is 31.6 Å². The first-order valence-electron chi connectivity index (χ1n) is 6.04. The lowest BCUT2D eigenvalue weighted by Gasteiger charge is -2.07. The number of hydrogen-bond donors (Lipinski definition) is 1. The second-order valence-corrected chi connectivity index (χ2v) is 4.19. The summed E-state index contributed by atoms with van der Waals surface area (Å²) in [6.45, 7) is 6.73. The third-order valence-corrected chi connectivity index (χ3v) is 2.66. The lowest BCUT2D eigenvalue weighted by molar-refractivity contribution is 0.458. The predicted octanol–water partition coefficient (Wildman–Crippen LogP) is 2.48. The second-order valence-electron chi connectivity index (χ2n) is 4.19. The van der Waals surface area contributed by atoms with Gasteiger partial charge in [0, 0.05) is 19.3 Å². The van der Waals surface area contributed by atoms with Crippen molar-refractivity contribution in [1.82, 2.24) is 14.9 Å². The second kappa shape index (κ2) is 5.68. The molecule has 0 aromatic carbocycles. The minimum absolute atomic E-state index is 0.755. The summed E-state index contributed by atoms with van der Waals surface area (Å²) < 4.78 is 7.68. The molecule has 2 rings (SSSR count). The van der Waals surface area contributed by atoms with Gasteiger partial charge in [-0.1, -0.05) is 6.92 Å². The highest BCUT2D eigenvalue weighted by molar-refractivity contribution is 5.05. The molecule has 0 aliphatic carbocycles. The van der Waals surface area contributed by atoms with Gasteiger partial charge in [-0.2, -0.15) is 0 Å². The van der Waals surface area contributed by atoms with Crippen molar-refractivity contribution in [3.8, 4) is 0 Å². The van der Waals surface area contributed by atoms with Crippen molar-refractivity contribution in [2.45, 2.75) is 39.9 Å². The van der Waals surface area contributed by atoms with E-state index in [2.05, 4.69) is 21.8 Å². The number of nitrogens with zero attached hydrogens (tertiary/aromatic N) is 2. The number of hydrogen-bond acceptors (Lipinski definition) is 3. The minimum atomic E-state index is 0.755. The normalized spacial score (nSPS) is 10.9. The molecule has 0 amide bonds. The molecule has 0 saturated heterocycles. The van der Waals surface area contributed by atoms with E-state index in [9.17, 15) is 0 Å². The Balaban J connectivity index is 1.83. The lowest BCUT2D eigenvalue weighted by atomic mass is 10.4. The van der Waals surface area contributed by atoms with Gasteiger partial charge in [-0.05, 0) is 25.5 Å². The highest BCUT2D eigenvalue weighted by Crippen LogP contribution is 2.06. The van der Waals surface area contributed by atoms with E-state index in [-0.39, 0.29) is 0 Å². The van der Waals surface area contributed by atoms with Crippen LogP contribution in [0.1, 0.15) is 30.6 Å². The molecular weight excluding hydrogens is 214 g/mol. The van der Waals surface area contributed by atoms with Crippen LogP contribution in [0, 0.1) is 6.92 Å². The fourth-order valence-corrected chi connectivity index (χ4v) is 1.83. The summed E-state index contributed by atoms with van der Waals surface area (Å²) >= 11 is 0. The van der Waals surface area contributed by atoms with E-state index >= 15 is 0 Å². The standard InChI is InChI=1S/C13H19N3O/c1-3-6-16-10-15-8-12(16)7-14-9-13-5-4-11(2)17-13/h4-5,8,10,14H,3,6-7,9H2,1-2H3. The zero-order valence-electron chi connectivity index (χ0n) is 10.4. The van der Waals surface area contributed by atoms with Crippen molar-refractivity contribution in [2.75, 3.05) is 0 Å². The topological polar surface area (TPSA) is 43.0 Å². The molecule has 0 aliphatic heterocycles. The fraction of sp³-hybridized carbons (Fsp3) is 0.462. The average molecular weight is 233 g/mol. The van der Waals surface area contributed by atoms with Crippen LogP contribution in [0.5, 0.6) is 0 Å². The Kier molecular flexibility index (Phi) is 3.98. The number of furan rings is 1. The first-order valence-corrected chi connectivity index (χ1v) is 6.04. The van der Waals surface area contributed by atoms with Gasteiger partial charge in [0.1, 0.15) is 11.5 Å². The van der Waals surface area contributed by atoms with Gasteiger partial charge in [0.2, 0.25) is 0 Å². The van der Waals surface area contributed by atoms with E-state index < -0.39 is 0 Å². The van der Waals surface area contributed by atoms with Crippen molar-refractivity contribution in [2.24, 2.45) is 0 Å². The summed E-state index contributed by atoms with van der Waals surface area (Å²) in [6, 6.07) is 3.99. The molecule has 1 N–H and O–H groups in total. The highest BCUT2D eigenvalue weighted by Gasteiger charge is 2.02. The predicted molar refractivity (Wildman–Crippen MR) is 66.5 cm³/mol. The lowest BCUT2D eigenvalue weighted by Crippen LogP contribution is -2.15. The molecular formula is C13H19N3O. The summed E-state index contributed by atoms with van der Waals surface area (Å²) in [7, 11) is 0. The molecule has 2 aromatic heterocycles. The maximum absolute atomic E-state index is 5.50. The Hall–Kier alpha value is -1.55. The summed E-state index contributed by atoms with van der Waals surface area (Å²) in [5.74, 6) is 1.93. The zero-order chi connectivity index (χ0) is 12.1. The number of aryl methyl sites for hydroxylation is 2. The molecule has 4 heteroatoms. The van der Waals surface area contributed by atoms with Gasteiger partial charge in [0.25, 0.3) is 0 Å². The van der Waals surface area contributed by atoms with E-state index in [0.717, 1.165) is 37.6 Å². The Morgan fingerprint density at radius 1 is 1.35 bits per heavy atom. The molecule has 17 heavy (non-hydrogen) atoms. The molecule has 0 bridgehead atoms. The molecule has 0 unspecified atom stereocenters. The van der Waals surface area contributed by atoms with E-state index in [0.29, 0.717) is 0 Å². The van der Waals surface area contributed by atoms with Crippen LogP contribution in [-0.4, -0.2) is 9.55 Å². The smallest absolute Gasteiger partial charge is 0.117 e. The van der Waals surface area contributed by atoms with Gasteiger partial charge in [0.05, 0.1) is 18.6 Å². The van der Waals surface area contributed by atoms with Crippen LogP contribution in [0.25, 0.3) is 0 Å². The van der Waals surface area contributed by atoms with Crippen LogP contribution >= 0.6 is 0 Å². The zero-order valence-corrected chi connectivity index (χ0v) is 10.4. The van der Waals surface area contributed by atoms with Crippen molar-refractivity contribution in [3.05, 3.63) is 41.9 Å². The SMILES string of the molecule is CCCn1cncc1CNCc1ccc(C)o1. The molecule has 0 fully saturated rings. The Morgan fingerprint density at radius 2 is 2.24 bits per heavy atom. The summed E-state index contributed by atoms with van der Waals surface area (Å²) in [5, 5.41) is 3.36. The molecule has 0 saturated carbocycles. The van der Waals surface area contributed by atoms with Crippen molar-refractivity contribution in [1.29, 1.82) is 0 Å². The molecule has 2 aromatic rings. The van der Waals surface area contributed by atoms with Gasteiger partial charge >= 0.3 is 0 Å². The number of nitrogens with one attached hydrogen (secondary N) is 1. The van der Waals surface area contributed by atoms with Crippen LogP contribution in [0.2, 0.25) is 0 Å². The highest BCUT2D eigenvalue weighted by atomic mass is 16.3. The number of imidazole rings is 1. The third-order valence-electron chi connectivity index (χ3n) is 2.66. The molecule has 0 atom stereocenters. The largest absolute Gasteiger partial charge is 0.465 e. The van der Waals surface area contributed by atoms with Crippen LogP contribution < -0.4 is 5.32 Å². The average Bonchev–Trinajstić information content (AvgIpc) is 2.90. The monoisotopic (exact) mass is 233 g/mol. The number of aromatic nitrogens is 2. The Labute approximate surface area is 102 Å². The summed E-state index contributed by atoms with van der Waals surface area (Å²) in [5.41, 5.74) is 1.22. The van der Waals surface area contributed by atoms with Crippen molar-refractivity contribution < 1.29 is 4.42 Å². The van der Waals surface area contributed by atoms with E-state index in [1.165, 1.54) is 5.69 Å². The fourth-order valence-electron chi connectivity index (χ4n) is 1.83. The van der Waals surface area contributed by atoms with E-state index in [1.54, 1.807) is 0 Å². The van der Waals surface area contributed by atoms with Gasteiger partial charge in [-0.3, -0.25) is 0 Å². The maximum Gasteiger partial charge on any atom is 0.117 e. The number of rotatable bonds is 6. The molecule has 0 spiro atoms. The Bertz CT molecular complexity index is 459. The summed E-state index contributed by atoms with van der Waals surface area (Å²) in [6.07, 6.45) is 4.92. The summed E-state index contributed by atoms with van der Waals surface area (Å²) in [4.78, 5) is 4.17. The van der Waals surface area contributed by atoms with Gasteiger partial charge in [0.15, 0.2) is 0 Å².